The van der Waals surface area contributed by atoms with E-state index in [1.165, 1.54) is 11.1 Å². The Hall–Kier alpha value is -4.39. The molecule has 0 aliphatic heterocycles. The number of aryl methyl sites for hydroxylation is 1. The van der Waals surface area contributed by atoms with Crippen LogP contribution in [0.2, 0.25) is 0 Å². The van der Waals surface area contributed by atoms with Crippen molar-refractivity contribution in [2.75, 3.05) is 19.8 Å². The minimum Gasteiger partial charge on any atom is -0.455 e. The van der Waals surface area contributed by atoms with Crippen molar-refractivity contribution < 1.29 is 53.5 Å². The molecule has 0 spiro atoms. The molecule has 0 radical (unpaired) electrons. The standard InChI is InChI=1S/C49H65NO11/c1-4-50-44(55)15-11-6-5-10-14-36-37(42(53)29-41(36)52)21-19-35(18-16-32-12-8-7-9-13-32)61-46(57)60-31-45(56)59-30-43(54)49(58)27-24-40-38-20-17-33-28-34(51)22-25-47(33,2)39(38)23-26-48(40,49)3/h5,7-10,12-13,19,21,23,28,35-38,40-42,52-53,58H,4,6,11,14-18,20,22,24-27,29-31H2,1-3H3,(H,50,55)/b10-5-,21-19+/t35-,36+,37+,38+,40-,41-,42+,47-,48-,49-/m0/s1. The molecule has 332 valence electrons. The van der Waals surface area contributed by atoms with Gasteiger partial charge in [0.25, 0.3) is 0 Å². The average molecular weight is 844 g/mol. The van der Waals surface area contributed by atoms with Gasteiger partial charge in [-0.2, -0.15) is 0 Å². The minimum atomic E-state index is -1.69. The van der Waals surface area contributed by atoms with E-state index in [0.29, 0.717) is 57.9 Å². The summed E-state index contributed by atoms with van der Waals surface area (Å²) >= 11 is 0. The minimum absolute atomic E-state index is 0.0183. The molecule has 1 aromatic carbocycles. The van der Waals surface area contributed by atoms with Gasteiger partial charge in [-0.25, -0.2) is 9.59 Å². The lowest BCUT2D eigenvalue weighted by molar-refractivity contribution is -0.165. The highest BCUT2D eigenvalue weighted by Crippen LogP contribution is 2.65. The molecule has 0 bridgehead atoms. The largest absolute Gasteiger partial charge is 0.509 e. The molecule has 5 aliphatic rings. The first-order valence-electron chi connectivity index (χ1n) is 22.4. The fraction of sp³-hybridized carbons (Fsp3) is 0.612. The summed E-state index contributed by atoms with van der Waals surface area (Å²) in [5.74, 6) is -1.73. The van der Waals surface area contributed by atoms with Crippen molar-refractivity contribution in [3.63, 3.8) is 0 Å². The van der Waals surface area contributed by atoms with E-state index in [1.807, 2.05) is 62.4 Å². The van der Waals surface area contributed by atoms with E-state index in [9.17, 15) is 39.3 Å². The van der Waals surface area contributed by atoms with Crippen molar-refractivity contribution in [1.29, 1.82) is 0 Å². The van der Waals surface area contributed by atoms with Gasteiger partial charge >= 0.3 is 12.1 Å². The van der Waals surface area contributed by atoms with Crippen molar-refractivity contribution in [1.82, 2.24) is 5.32 Å². The Labute approximate surface area is 359 Å². The van der Waals surface area contributed by atoms with E-state index in [-0.39, 0.29) is 47.7 Å². The third-order valence-corrected chi connectivity index (χ3v) is 14.6. The van der Waals surface area contributed by atoms with E-state index >= 15 is 0 Å². The normalized spacial score (nSPS) is 32.3. The number of benzene rings is 1. The number of hydrogen-bond donors (Lipinski definition) is 4. The average Bonchev–Trinajstić information content (AvgIpc) is 3.68. The highest BCUT2D eigenvalue weighted by molar-refractivity contribution is 5.92. The van der Waals surface area contributed by atoms with E-state index < -0.39 is 66.4 Å². The first-order valence-corrected chi connectivity index (χ1v) is 22.4. The molecule has 10 atom stereocenters. The Kier molecular flexibility index (Phi) is 15.3. The van der Waals surface area contributed by atoms with E-state index in [1.54, 1.807) is 12.2 Å². The smallest absolute Gasteiger partial charge is 0.455 e. The Bertz CT molecular complexity index is 1890. The van der Waals surface area contributed by atoms with Crippen molar-refractivity contribution in [3.05, 3.63) is 83.5 Å². The fourth-order valence-electron chi connectivity index (χ4n) is 11.1. The van der Waals surface area contributed by atoms with E-state index in [0.717, 1.165) is 31.2 Å². The van der Waals surface area contributed by atoms with Crippen molar-refractivity contribution in [2.45, 2.75) is 135 Å². The van der Waals surface area contributed by atoms with Crippen LogP contribution in [0.1, 0.15) is 110 Å². The topological polar surface area (TPSA) is 186 Å². The Balaban J connectivity index is 1.01. The van der Waals surface area contributed by atoms with Gasteiger partial charge in [-0.1, -0.05) is 79.6 Å². The summed E-state index contributed by atoms with van der Waals surface area (Å²) in [5.41, 5.74) is 0.939. The molecule has 0 unspecified atom stereocenters. The number of aliphatic hydroxyl groups excluding tert-OH is 2. The number of amides is 1. The fourth-order valence-corrected chi connectivity index (χ4v) is 11.1. The molecule has 3 saturated carbocycles. The second kappa shape index (κ2) is 20.2. The van der Waals surface area contributed by atoms with Crippen LogP contribution in [-0.2, 0) is 39.8 Å². The van der Waals surface area contributed by atoms with E-state index in [4.69, 9.17) is 14.2 Å². The number of allylic oxidation sites excluding steroid dienone is 6. The first kappa shape index (κ1) is 46.1. The Morgan fingerprint density at radius 3 is 2.54 bits per heavy atom. The van der Waals surface area contributed by atoms with Crippen molar-refractivity contribution >= 4 is 29.6 Å². The van der Waals surface area contributed by atoms with Crippen LogP contribution in [0.4, 0.5) is 4.79 Å². The van der Waals surface area contributed by atoms with Crippen molar-refractivity contribution in [2.24, 2.45) is 34.5 Å². The number of hydrogen-bond acceptors (Lipinski definition) is 11. The molecule has 12 heteroatoms. The summed E-state index contributed by atoms with van der Waals surface area (Å²) in [4.78, 5) is 63.4. The van der Waals surface area contributed by atoms with Gasteiger partial charge < -0.3 is 34.8 Å². The highest BCUT2D eigenvalue weighted by Gasteiger charge is 2.64. The van der Waals surface area contributed by atoms with Crippen LogP contribution >= 0.6 is 0 Å². The second-order valence-electron chi connectivity index (χ2n) is 18.3. The predicted octanol–water partition coefficient (Wildman–Crippen LogP) is 6.60. The van der Waals surface area contributed by atoms with Crippen molar-refractivity contribution in [3.8, 4) is 0 Å². The highest BCUT2D eigenvalue weighted by atomic mass is 16.7. The number of ether oxygens (including phenoxy) is 3. The number of ketones is 2. The zero-order valence-corrected chi connectivity index (χ0v) is 36.0. The zero-order chi connectivity index (χ0) is 43.8. The molecule has 3 fully saturated rings. The summed E-state index contributed by atoms with van der Waals surface area (Å²) in [6.07, 6.45) is 16.0. The molecule has 0 aromatic heterocycles. The molecule has 0 heterocycles. The maximum atomic E-state index is 13.7. The van der Waals surface area contributed by atoms with Crippen LogP contribution in [0.5, 0.6) is 0 Å². The first-order chi connectivity index (χ1) is 29.2. The molecule has 12 nitrogen and oxygen atoms in total. The number of aliphatic hydroxyl groups is 3. The molecule has 61 heavy (non-hydrogen) atoms. The van der Waals surface area contributed by atoms with Gasteiger partial charge in [-0.3, -0.25) is 14.4 Å². The van der Waals surface area contributed by atoms with Crippen LogP contribution in [0.15, 0.2) is 77.9 Å². The summed E-state index contributed by atoms with van der Waals surface area (Å²) in [5, 5.41) is 36.4. The molecule has 1 amide bonds. The summed E-state index contributed by atoms with van der Waals surface area (Å²) in [6, 6.07) is 9.65. The Morgan fingerprint density at radius 1 is 0.984 bits per heavy atom. The summed E-state index contributed by atoms with van der Waals surface area (Å²) in [6.45, 7) is 5.21. The third-order valence-electron chi connectivity index (χ3n) is 14.6. The van der Waals surface area contributed by atoms with Gasteiger partial charge in [-0.05, 0) is 113 Å². The van der Waals surface area contributed by atoms with Gasteiger partial charge in [0.1, 0.15) is 11.7 Å². The van der Waals surface area contributed by atoms with Crippen LogP contribution in [0.3, 0.4) is 0 Å². The molecule has 1 aromatic rings. The summed E-state index contributed by atoms with van der Waals surface area (Å²) < 4.78 is 16.1. The van der Waals surface area contributed by atoms with Crippen LogP contribution in [0.25, 0.3) is 0 Å². The molecule has 0 saturated heterocycles. The van der Waals surface area contributed by atoms with E-state index in [2.05, 4.69) is 18.3 Å². The van der Waals surface area contributed by atoms with Gasteiger partial charge in [-0.15, -0.1) is 0 Å². The lowest BCUT2D eigenvalue weighted by Crippen LogP contribution is -2.55. The lowest BCUT2D eigenvalue weighted by atomic mass is 9.50. The molecule has 4 N–H and O–H groups in total. The van der Waals surface area contributed by atoms with Crippen LogP contribution < -0.4 is 5.32 Å². The lowest BCUT2D eigenvalue weighted by Gasteiger charge is -2.54. The maximum absolute atomic E-state index is 13.7. The molecule has 6 rings (SSSR count). The Morgan fingerprint density at radius 2 is 1.77 bits per heavy atom. The number of esters is 1. The number of nitrogens with one attached hydrogen (secondary N) is 1. The SMILES string of the molecule is CCNC(=O)CCC/C=C\C[C@@H]1[C@@H](/C=C/[C@H](CCc2ccccc2)OC(=O)OCC(=O)OCC(=O)[C@@]2(O)CC[C@H]3[C@@H]4CCC5=CC(=O)CC[C@]5(C)C4=CC[C@@]32C)[C@H](O)C[C@@H]1O. The van der Waals surface area contributed by atoms with Gasteiger partial charge in [0.15, 0.2) is 19.0 Å². The molecule has 5 aliphatic carbocycles. The molecular weight excluding hydrogens is 779 g/mol. The monoisotopic (exact) mass is 843 g/mol. The number of rotatable bonds is 18. The number of carbonyl (C=O) groups excluding carboxylic acids is 5. The van der Waals surface area contributed by atoms with Crippen LogP contribution in [0, 0.1) is 34.5 Å². The predicted molar refractivity (Wildman–Crippen MR) is 228 cm³/mol. The number of fused-ring (bicyclic) bond motifs is 5. The van der Waals surface area contributed by atoms with Gasteiger partial charge in [0.2, 0.25) is 11.7 Å². The summed E-state index contributed by atoms with van der Waals surface area (Å²) in [7, 11) is 0. The maximum Gasteiger partial charge on any atom is 0.509 e. The van der Waals surface area contributed by atoms with Gasteiger partial charge in [0.05, 0.1) is 12.2 Å². The number of unbranched alkanes of at least 4 members (excludes halogenated alkanes) is 1. The second-order valence-corrected chi connectivity index (χ2v) is 18.3. The zero-order valence-electron chi connectivity index (χ0n) is 36.0. The quantitative estimate of drug-likeness (QED) is 0.0709. The number of carbonyl (C=O) groups is 5. The third kappa shape index (κ3) is 10.5. The molecular formula is C49H65NO11. The van der Waals surface area contributed by atoms with Gasteiger partial charge in [0, 0.05) is 42.6 Å². The number of Topliss-reactive ketones (excluding diaryl/α,β-unsaturated/α-hetero) is 1. The van der Waals surface area contributed by atoms with Crippen LogP contribution in [-0.4, -0.2) is 88.6 Å².